The first kappa shape index (κ1) is 13.2. The van der Waals surface area contributed by atoms with Crippen LogP contribution in [-0.2, 0) is 4.79 Å². The van der Waals surface area contributed by atoms with Crippen LogP contribution in [0.25, 0.3) is 0 Å². The maximum absolute atomic E-state index is 10.5. The van der Waals surface area contributed by atoms with Crippen LogP contribution in [0.1, 0.15) is 47.0 Å². The van der Waals surface area contributed by atoms with E-state index in [9.17, 15) is 4.79 Å². The van der Waals surface area contributed by atoms with Crippen LogP contribution in [-0.4, -0.2) is 11.1 Å². The number of carboxylic acids is 1. The zero-order valence-corrected chi connectivity index (χ0v) is 9.76. The van der Waals surface area contributed by atoms with Crippen LogP contribution in [0.15, 0.2) is 12.2 Å². The predicted octanol–water partition coefficient (Wildman–Crippen LogP) is 3.48. The minimum absolute atomic E-state index is 0.323. The van der Waals surface area contributed by atoms with E-state index in [2.05, 4.69) is 34.3 Å². The van der Waals surface area contributed by atoms with Crippen molar-refractivity contribution in [2.75, 3.05) is 0 Å². The van der Waals surface area contributed by atoms with E-state index in [1.807, 2.05) is 0 Å². The molecule has 82 valence electrons. The molecule has 0 aliphatic heterocycles. The van der Waals surface area contributed by atoms with Gasteiger partial charge in [-0.1, -0.05) is 34.3 Å². The Bertz CT molecular complexity index is 211. The second-order valence-corrected chi connectivity index (χ2v) is 5.32. The van der Waals surface area contributed by atoms with Crippen LogP contribution in [0, 0.1) is 11.3 Å². The molecule has 1 N–H and O–H groups in total. The fourth-order valence-corrected chi connectivity index (χ4v) is 1.68. The molecule has 0 heterocycles. The van der Waals surface area contributed by atoms with Crippen molar-refractivity contribution in [1.82, 2.24) is 0 Å². The van der Waals surface area contributed by atoms with Crippen LogP contribution < -0.4 is 0 Å². The van der Waals surface area contributed by atoms with Crippen molar-refractivity contribution < 1.29 is 9.90 Å². The Hall–Kier alpha value is -0.790. The van der Waals surface area contributed by atoms with Gasteiger partial charge in [0.05, 0.1) is 0 Å². The lowest BCUT2D eigenvalue weighted by atomic mass is 9.83. The number of rotatable bonds is 5. The molecule has 0 rings (SSSR count). The van der Waals surface area contributed by atoms with Gasteiger partial charge in [0, 0.05) is 5.57 Å². The Morgan fingerprint density at radius 3 is 2.29 bits per heavy atom. The summed E-state index contributed by atoms with van der Waals surface area (Å²) < 4.78 is 0. The minimum atomic E-state index is -0.868. The molecule has 0 bridgehead atoms. The molecule has 0 spiro atoms. The topological polar surface area (TPSA) is 37.3 Å². The highest BCUT2D eigenvalue weighted by atomic mass is 16.4. The molecule has 0 aliphatic rings. The first-order valence-corrected chi connectivity index (χ1v) is 5.13. The van der Waals surface area contributed by atoms with Gasteiger partial charge in [0.25, 0.3) is 0 Å². The third-order valence-electron chi connectivity index (χ3n) is 2.20. The summed E-state index contributed by atoms with van der Waals surface area (Å²) in [4.78, 5) is 10.5. The quantitative estimate of drug-likeness (QED) is 0.687. The van der Waals surface area contributed by atoms with E-state index < -0.39 is 5.97 Å². The van der Waals surface area contributed by atoms with Crippen molar-refractivity contribution in [3.05, 3.63) is 12.2 Å². The van der Waals surface area contributed by atoms with Crippen molar-refractivity contribution >= 4 is 5.97 Å². The molecule has 2 heteroatoms. The molecular weight excluding hydrogens is 176 g/mol. The molecule has 2 nitrogen and oxygen atoms in total. The van der Waals surface area contributed by atoms with Crippen molar-refractivity contribution in [3.63, 3.8) is 0 Å². The van der Waals surface area contributed by atoms with Crippen molar-refractivity contribution in [2.45, 2.75) is 47.0 Å². The lowest BCUT2D eigenvalue weighted by molar-refractivity contribution is -0.132. The summed E-state index contributed by atoms with van der Waals surface area (Å²) in [6.45, 7) is 12.3. The van der Waals surface area contributed by atoms with Crippen LogP contribution in [0.5, 0.6) is 0 Å². The number of hydrogen-bond donors (Lipinski definition) is 1. The van der Waals surface area contributed by atoms with Gasteiger partial charge in [0.1, 0.15) is 0 Å². The number of hydrogen-bond acceptors (Lipinski definition) is 1. The number of aliphatic carboxylic acids is 1. The molecule has 0 amide bonds. The normalized spacial score (nSPS) is 13.7. The second kappa shape index (κ2) is 5.18. The van der Waals surface area contributed by atoms with Gasteiger partial charge >= 0.3 is 5.97 Å². The summed E-state index contributed by atoms with van der Waals surface area (Å²) in [5, 5.41) is 8.63. The Labute approximate surface area is 87.0 Å². The lowest BCUT2D eigenvalue weighted by Gasteiger charge is -2.23. The monoisotopic (exact) mass is 198 g/mol. The Morgan fingerprint density at radius 2 is 1.93 bits per heavy atom. The van der Waals surface area contributed by atoms with Gasteiger partial charge in [-0.2, -0.15) is 0 Å². The van der Waals surface area contributed by atoms with Crippen LogP contribution in [0.4, 0.5) is 0 Å². The largest absolute Gasteiger partial charge is 0.478 e. The van der Waals surface area contributed by atoms with E-state index >= 15 is 0 Å². The summed E-state index contributed by atoms with van der Waals surface area (Å²) >= 11 is 0. The summed E-state index contributed by atoms with van der Waals surface area (Å²) in [6.07, 6.45) is 2.65. The first-order chi connectivity index (χ1) is 6.22. The molecule has 1 unspecified atom stereocenters. The molecule has 0 aliphatic carbocycles. The predicted molar refractivity (Wildman–Crippen MR) is 59.2 cm³/mol. The number of carboxylic acid groups (broad SMARTS) is 1. The smallest absolute Gasteiger partial charge is 0.330 e. The standard InChI is InChI=1S/C12H22O2/c1-9(8-12(3,4)5)6-7-10(2)11(13)14/h9H,2,6-8H2,1,3-5H3,(H,13,14). The molecule has 0 fully saturated rings. The van der Waals surface area contributed by atoms with Crippen LogP contribution in [0.2, 0.25) is 0 Å². The van der Waals surface area contributed by atoms with Crippen LogP contribution >= 0.6 is 0 Å². The SMILES string of the molecule is C=C(CCC(C)CC(C)(C)C)C(=O)O. The fraction of sp³-hybridized carbons (Fsp3) is 0.750. The van der Waals surface area contributed by atoms with E-state index in [1.165, 1.54) is 0 Å². The van der Waals surface area contributed by atoms with Gasteiger partial charge in [-0.05, 0) is 30.6 Å². The zero-order valence-electron chi connectivity index (χ0n) is 9.76. The minimum Gasteiger partial charge on any atom is -0.478 e. The Kier molecular flexibility index (Phi) is 4.89. The van der Waals surface area contributed by atoms with Crippen molar-refractivity contribution in [1.29, 1.82) is 0 Å². The molecule has 1 atom stereocenters. The summed E-state index contributed by atoms with van der Waals surface area (Å²) in [5.74, 6) is -0.306. The van der Waals surface area contributed by atoms with Gasteiger partial charge in [0.2, 0.25) is 0 Å². The molecule has 0 saturated carbocycles. The fourth-order valence-electron chi connectivity index (χ4n) is 1.68. The Balaban J connectivity index is 3.80. The van der Waals surface area contributed by atoms with Gasteiger partial charge in [-0.25, -0.2) is 4.79 Å². The lowest BCUT2D eigenvalue weighted by Crippen LogP contribution is -2.11. The molecule has 0 saturated heterocycles. The highest BCUT2D eigenvalue weighted by Crippen LogP contribution is 2.27. The molecule has 0 aromatic heterocycles. The zero-order chi connectivity index (χ0) is 11.4. The van der Waals surface area contributed by atoms with Gasteiger partial charge in [0.15, 0.2) is 0 Å². The second-order valence-electron chi connectivity index (χ2n) is 5.32. The third kappa shape index (κ3) is 6.70. The highest BCUT2D eigenvalue weighted by Gasteiger charge is 2.15. The Morgan fingerprint density at radius 1 is 1.43 bits per heavy atom. The maximum Gasteiger partial charge on any atom is 0.330 e. The van der Waals surface area contributed by atoms with E-state index in [0.717, 1.165) is 12.8 Å². The maximum atomic E-state index is 10.5. The summed E-state index contributed by atoms with van der Waals surface area (Å²) in [6, 6.07) is 0. The summed E-state index contributed by atoms with van der Waals surface area (Å²) in [7, 11) is 0. The molecule has 0 radical (unpaired) electrons. The average molecular weight is 198 g/mol. The van der Waals surface area contributed by atoms with Crippen LogP contribution in [0.3, 0.4) is 0 Å². The van der Waals surface area contributed by atoms with Gasteiger partial charge in [-0.3, -0.25) is 0 Å². The highest BCUT2D eigenvalue weighted by molar-refractivity contribution is 5.85. The number of carbonyl (C=O) groups is 1. The molecule has 14 heavy (non-hydrogen) atoms. The van der Waals surface area contributed by atoms with E-state index in [-0.39, 0.29) is 0 Å². The third-order valence-corrected chi connectivity index (χ3v) is 2.20. The van der Waals surface area contributed by atoms with Gasteiger partial charge in [-0.15, -0.1) is 0 Å². The van der Waals surface area contributed by atoms with E-state index in [4.69, 9.17) is 5.11 Å². The molecule has 0 aromatic rings. The van der Waals surface area contributed by atoms with E-state index in [1.54, 1.807) is 0 Å². The average Bonchev–Trinajstić information content (AvgIpc) is 1.96. The molecular formula is C12H22O2. The van der Waals surface area contributed by atoms with E-state index in [0.29, 0.717) is 23.3 Å². The van der Waals surface area contributed by atoms with Gasteiger partial charge < -0.3 is 5.11 Å². The van der Waals surface area contributed by atoms with Crippen molar-refractivity contribution in [3.8, 4) is 0 Å². The first-order valence-electron chi connectivity index (χ1n) is 5.13. The summed E-state index contributed by atoms with van der Waals surface area (Å²) in [5.41, 5.74) is 0.648. The van der Waals surface area contributed by atoms with Crippen molar-refractivity contribution in [2.24, 2.45) is 11.3 Å². The molecule has 0 aromatic carbocycles.